The van der Waals surface area contributed by atoms with Crippen molar-refractivity contribution in [2.75, 3.05) is 0 Å². The molecular formula is C16H26N2. The van der Waals surface area contributed by atoms with Gasteiger partial charge >= 0.3 is 0 Å². The highest BCUT2D eigenvalue weighted by atomic mass is 14.2. The normalized spacial score (nSPS) is 10.9. The smallest absolute Gasteiger partial charge is 0.0621 e. The number of hydrogen-bond acceptors (Lipinski definition) is 2. The second-order valence-corrected chi connectivity index (χ2v) is 4.88. The zero-order valence-corrected chi connectivity index (χ0v) is 11.7. The van der Waals surface area contributed by atoms with Gasteiger partial charge in [0.1, 0.15) is 0 Å². The number of hydrogen-bond donors (Lipinski definition) is 0. The molecule has 0 spiro atoms. The predicted octanol–water partition coefficient (Wildman–Crippen LogP) is 5.27. The number of nitriles is 2. The Morgan fingerprint density at radius 1 is 0.833 bits per heavy atom. The molecule has 0 rings (SSSR count). The molecule has 0 radical (unpaired) electrons. The fourth-order valence-corrected chi connectivity index (χ4v) is 1.94. The van der Waals surface area contributed by atoms with E-state index in [2.05, 4.69) is 25.1 Å². The van der Waals surface area contributed by atoms with Crippen LogP contribution < -0.4 is 0 Å². The van der Waals surface area contributed by atoms with Crippen molar-refractivity contribution in [3.8, 4) is 12.1 Å². The van der Waals surface area contributed by atoms with E-state index < -0.39 is 0 Å². The molecule has 0 aromatic carbocycles. The van der Waals surface area contributed by atoms with Gasteiger partial charge in [-0.2, -0.15) is 10.5 Å². The van der Waals surface area contributed by atoms with Crippen molar-refractivity contribution in [1.29, 1.82) is 10.5 Å². The maximum atomic E-state index is 8.41. The molecule has 100 valence electrons. The van der Waals surface area contributed by atoms with Crippen molar-refractivity contribution in [2.45, 2.75) is 77.6 Å². The molecule has 0 fully saturated rings. The minimum absolute atomic E-state index is 0.690. The van der Waals surface area contributed by atoms with Gasteiger partial charge in [0.05, 0.1) is 12.1 Å². The Morgan fingerprint density at radius 3 is 2.06 bits per heavy atom. The van der Waals surface area contributed by atoms with Crippen molar-refractivity contribution in [2.24, 2.45) is 0 Å². The van der Waals surface area contributed by atoms with Gasteiger partial charge in [-0.05, 0) is 45.4 Å². The summed E-state index contributed by atoms with van der Waals surface area (Å²) in [4.78, 5) is 0. The summed E-state index contributed by atoms with van der Waals surface area (Å²) in [5, 5.41) is 16.8. The molecule has 0 saturated carbocycles. The zero-order valence-electron chi connectivity index (χ0n) is 11.7. The molecule has 0 aromatic rings. The summed E-state index contributed by atoms with van der Waals surface area (Å²) < 4.78 is 0. The van der Waals surface area contributed by atoms with Crippen molar-refractivity contribution >= 4 is 0 Å². The summed E-state index contributed by atoms with van der Waals surface area (Å²) in [6, 6.07) is 4.36. The van der Waals surface area contributed by atoms with Gasteiger partial charge in [0.15, 0.2) is 0 Å². The zero-order chi connectivity index (χ0) is 13.5. The number of allylic oxidation sites excluding steroid dienone is 2. The third-order valence-electron chi connectivity index (χ3n) is 3.10. The van der Waals surface area contributed by atoms with Gasteiger partial charge in [-0.3, -0.25) is 0 Å². The molecule has 0 N–H and O–H groups in total. The van der Waals surface area contributed by atoms with Crippen LogP contribution in [0, 0.1) is 22.7 Å². The Labute approximate surface area is 112 Å². The second kappa shape index (κ2) is 13.8. The maximum Gasteiger partial charge on any atom is 0.0621 e. The monoisotopic (exact) mass is 246 g/mol. The Kier molecular flexibility index (Phi) is 12.8. The Balaban J connectivity index is 3.30. The molecule has 0 aliphatic rings. The minimum atomic E-state index is 0.690. The molecule has 0 amide bonds. The van der Waals surface area contributed by atoms with Crippen LogP contribution in [0.25, 0.3) is 0 Å². The van der Waals surface area contributed by atoms with E-state index in [1.807, 2.05) is 0 Å². The van der Waals surface area contributed by atoms with E-state index in [0.29, 0.717) is 12.8 Å². The molecule has 0 aromatic heterocycles. The van der Waals surface area contributed by atoms with Gasteiger partial charge in [-0.15, -0.1) is 0 Å². The van der Waals surface area contributed by atoms with Crippen molar-refractivity contribution in [3.63, 3.8) is 0 Å². The summed E-state index contributed by atoms with van der Waals surface area (Å²) in [5.41, 5.74) is 1.49. The lowest BCUT2D eigenvalue weighted by atomic mass is 10.0. The van der Waals surface area contributed by atoms with Crippen LogP contribution in [0.4, 0.5) is 0 Å². The lowest BCUT2D eigenvalue weighted by Crippen LogP contribution is -1.82. The van der Waals surface area contributed by atoms with E-state index in [1.54, 1.807) is 0 Å². The van der Waals surface area contributed by atoms with Gasteiger partial charge in [0.25, 0.3) is 0 Å². The highest BCUT2D eigenvalue weighted by Gasteiger charge is 1.93. The van der Waals surface area contributed by atoms with Gasteiger partial charge in [0.2, 0.25) is 0 Å². The van der Waals surface area contributed by atoms with Gasteiger partial charge in [0, 0.05) is 12.8 Å². The Morgan fingerprint density at radius 2 is 1.39 bits per heavy atom. The standard InChI is InChI=1S/C16H26N2/c1-16(13-9-5-7-11-15-18)12-8-4-2-3-6-10-14-17/h13H,2-12H2,1H3/b16-13+. The molecule has 2 heteroatoms. The average Bonchev–Trinajstić information content (AvgIpc) is 2.37. The van der Waals surface area contributed by atoms with Gasteiger partial charge < -0.3 is 0 Å². The van der Waals surface area contributed by atoms with Crippen LogP contribution in [0.15, 0.2) is 11.6 Å². The van der Waals surface area contributed by atoms with Crippen LogP contribution in [0.2, 0.25) is 0 Å². The van der Waals surface area contributed by atoms with E-state index in [1.165, 1.54) is 37.7 Å². The SMILES string of the molecule is C/C(=C\CCCCC#N)CCCCCCCC#N. The summed E-state index contributed by atoms with van der Waals surface area (Å²) in [5.74, 6) is 0. The van der Waals surface area contributed by atoms with Gasteiger partial charge in [-0.1, -0.05) is 30.9 Å². The van der Waals surface area contributed by atoms with Crippen molar-refractivity contribution in [3.05, 3.63) is 11.6 Å². The lowest BCUT2D eigenvalue weighted by molar-refractivity contribution is 0.617. The second-order valence-electron chi connectivity index (χ2n) is 4.88. The first-order valence-corrected chi connectivity index (χ1v) is 7.20. The maximum absolute atomic E-state index is 8.41. The molecule has 0 unspecified atom stereocenters. The molecule has 0 atom stereocenters. The predicted molar refractivity (Wildman–Crippen MR) is 75.8 cm³/mol. The fraction of sp³-hybridized carbons (Fsp3) is 0.750. The van der Waals surface area contributed by atoms with E-state index in [9.17, 15) is 0 Å². The van der Waals surface area contributed by atoms with E-state index >= 15 is 0 Å². The Hall–Kier alpha value is -1.28. The van der Waals surface area contributed by atoms with Crippen LogP contribution in [0.1, 0.15) is 77.6 Å². The first-order valence-electron chi connectivity index (χ1n) is 7.20. The van der Waals surface area contributed by atoms with Crippen LogP contribution in [0.3, 0.4) is 0 Å². The molecule has 0 saturated heterocycles. The van der Waals surface area contributed by atoms with E-state index in [4.69, 9.17) is 10.5 Å². The first kappa shape index (κ1) is 16.7. The van der Waals surface area contributed by atoms with Gasteiger partial charge in [-0.25, -0.2) is 0 Å². The topological polar surface area (TPSA) is 47.6 Å². The number of unbranched alkanes of at least 4 members (excludes halogenated alkanes) is 8. The van der Waals surface area contributed by atoms with E-state index in [0.717, 1.165) is 25.7 Å². The molecular weight excluding hydrogens is 220 g/mol. The van der Waals surface area contributed by atoms with Crippen LogP contribution in [0.5, 0.6) is 0 Å². The van der Waals surface area contributed by atoms with Crippen LogP contribution in [-0.2, 0) is 0 Å². The molecule has 0 bridgehead atoms. The average molecular weight is 246 g/mol. The summed E-state index contributed by atoms with van der Waals surface area (Å²) in [7, 11) is 0. The first-order chi connectivity index (χ1) is 8.81. The third-order valence-corrected chi connectivity index (χ3v) is 3.10. The fourth-order valence-electron chi connectivity index (χ4n) is 1.94. The molecule has 2 nitrogen and oxygen atoms in total. The summed E-state index contributed by atoms with van der Waals surface area (Å²) in [6.45, 7) is 2.21. The Bertz CT molecular complexity index is 291. The molecule has 0 heterocycles. The van der Waals surface area contributed by atoms with E-state index in [-0.39, 0.29) is 0 Å². The van der Waals surface area contributed by atoms with Crippen LogP contribution in [-0.4, -0.2) is 0 Å². The highest BCUT2D eigenvalue weighted by molar-refractivity contribution is 4.97. The molecule has 0 aliphatic carbocycles. The summed E-state index contributed by atoms with van der Waals surface area (Å²) in [6.07, 6.45) is 14.3. The molecule has 0 aliphatic heterocycles. The lowest BCUT2D eigenvalue weighted by Gasteiger charge is -2.02. The summed E-state index contributed by atoms with van der Waals surface area (Å²) >= 11 is 0. The quantitative estimate of drug-likeness (QED) is 0.368. The largest absolute Gasteiger partial charge is 0.198 e. The third kappa shape index (κ3) is 12.8. The molecule has 18 heavy (non-hydrogen) atoms. The number of nitrogens with zero attached hydrogens (tertiary/aromatic N) is 2. The number of rotatable bonds is 11. The van der Waals surface area contributed by atoms with Crippen LogP contribution >= 0.6 is 0 Å². The minimum Gasteiger partial charge on any atom is -0.198 e. The highest BCUT2D eigenvalue weighted by Crippen LogP contribution is 2.12. The van der Waals surface area contributed by atoms with Crippen molar-refractivity contribution < 1.29 is 0 Å². The van der Waals surface area contributed by atoms with Crippen molar-refractivity contribution in [1.82, 2.24) is 0 Å².